The van der Waals surface area contributed by atoms with Crippen LogP contribution in [0.15, 0.2) is 12.3 Å². The van der Waals surface area contributed by atoms with E-state index in [0.29, 0.717) is 22.1 Å². The van der Waals surface area contributed by atoms with Crippen molar-refractivity contribution in [2.24, 2.45) is 17.6 Å². The number of aromatic nitrogens is 1. The van der Waals surface area contributed by atoms with Gasteiger partial charge < -0.3 is 5.73 Å². The number of hydrogen-bond acceptors (Lipinski definition) is 3. The lowest BCUT2D eigenvalue weighted by Gasteiger charge is -2.29. The molecule has 3 nitrogen and oxygen atoms in total. The van der Waals surface area contributed by atoms with E-state index in [2.05, 4.69) is 9.88 Å². The minimum absolute atomic E-state index is 0.377. The summed E-state index contributed by atoms with van der Waals surface area (Å²) in [5, 5.41) is 1.16. The van der Waals surface area contributed by atoms with Crippen molar-refractivity contribution in [3.63, 3.8) is 0 Å². The minimum Gasteiger partial charge on any atom is -0.327 e. The van der Waals surface area contributed by atoms with E-state index in [0.717, 1.165) is 31.1 Å². The highest BCUT2D eigenvalue weighted by Crippen LogP contribution is 2.36. The summed E-state index contributed by atoms with van der Waals surface area (Å²) in [4.78, 5) is 6.57. The van der Waals surface area contributed by atoms with E-state index >= 15 is 0 Å². The summed E-state index contributed by atoms with van der Waals surface area (Å²) in [7, 11) is 0. The fraction of sp³-hybridized carbons (Fsp3) is 0.643. The van der Waals surface area contributed by atoms with Gasteiger partial charge in [0.05, 0.1) is 0 Å². The summed E-state index contributed by atoms with van der Waals surface area (Å²) >= 11 is 12.0. The maximum Gasteiger partial charge on any atom is 0.130 e. The molecule has 0 spiro atoms. The van der Waals surface area contributed by atoms with Gasteiger partial charge in [0.25, 0.3) is 0 Å². The van der Waals surface area contributed by atoms with E-state index in [1.807, 2.05) is 0 Å². The van der Waals surface area contributed by atoms with Gasteiger partial charge in [-0.2, -0.15) is 0 Å². The van der Waals surface area contributed by atoms with Crippen molar-refractivity contribution < 1.29 is 0 Å². The lowest BCUT2D eigenvalue weighted by molar-refractivity contribution is 0.259. The van der Waals surface area contributed by atoms with Crippen LogP contribution >= 0.6 is 23.2 Å². The van der Waals surface area contributed by atoms with Crippen LogP contribution in [-0.4, -0.2) is 29.0 Å². The van der Waals surface area contributed by atoms with Crippen molar-refractivity contribution in [2.75, 3.05) is 13.1 Å². The number of pyridine rings is 1. The second kappa shape index (κ2) is 5.57. The molecule has 3 rings (SSSR count). The number of likely N-dealkylation sites (tertiary alicyclic amines) is 1. The third-order valence-corrected chi connectivity index (χ3v) is 5.08. The highest BCUT2D eigenvalue weighted by atomic mass is 35.5. The van der Waals surface area contributed by atoms with Crippen LogP contribution in [0, 0.1) is 11.8 Å². The highest BCUT2D eigenvalue weighted by Gasteiger charge is 2.38. The molecule has 1 saturated heterocycles. The van der Waals surface area contributed by atoms with Crippen molar-refractivity contribution in [3.8, 4) is 0 Å². The van der Waals surface area contributed by atoms with E-state index in [9.17, 15) is 0 Å². The Balaban J connectivity index is 1.68. The minimum atomic E-state index is 0.377. The third kappa shape index (κ3) is 2.89. The zero-order valence-electron chi connectivity index (χ0n) is 10.9. The Hall–Kier alpha value is -0.350. The Bertz CT molecular complexity index is 466. The monoisotopic (exact) mass is 299 g/mol. The summed E-state index contributed by atoms with van der Waals surface area (Å²) < 4.78 is 0. The molecule has 3 atom stereocenters. The number of halogens is 2. The average molecular weight is 300 g/mol. The van der Waals surface area contributed by atoms with Gasteiger partial charge in [0, 0.05) is 42.5 Å². The quantitative estimate of drug-likeness (QED) is 0.854. The Morgan fingerprint density at radius 2 is 2.16 bits per heavy atom. The second-order valence-corrected chi connectivity index (χ2v) is 6.61. The molecule has 1 aromatic rings. The van der Waals surface area contributed by atoms with E-state index in [4.69, 9.17) is 28.9 Å². The Labute approximate surface area is 124 Å². The van der Waals surface area contributed by atoms with Gasteiger partial charge in [0.1, 0.15) is 5.15 Å². The first-order valence-electron chi connectivity index (χ1n) is 6.91. The second-order valence-electron chi connectivity index (χ2n) is 5.81. The van der Waals surface area contributed by atoms with E-state index in [-0.39, 0.29) is 0 Å². The Morgan fingerprint density at radius 3 is 2.89 bits per heavy atom. The molecule has 104 valence electrons. The van der Waals surface area contributed by atoms with Crippen molar-refractivity contribution in [1.82, 2.24) is 9.88 Å². The average Bonchev–Trinajstić information content (AvgIpc) is 2.77. The summed E-state index contributed by atoms with van der Waals surface area (Å²) in [6, 6.07) is 2.09. The van der Waals surface area contributed by atoms with Crippen LogP contribution in [0.3, 0.4) is 0 Å². The van der Waals surface area contributed by atoms with Gasteiger partial charge in [0.15, 0.2) is 0 Å². The zero-order chi connectivity index (χ0) is 13.4. The molecular weight excluding hydrogens is 281 g/mol. The molecule has 0 amide bonds. The van der Waals surface area contributed by atoms with Gasteiger partial charge in [-0.1, -0.05) is 29.6 Å². The smallest absolute Gasteiger partial charge is 0.130 e. The summed E-state index contributed by atoms with van der Waals surface area (Å²) in [6.07, 6.45) is 5.56. The fourth-order valence-electron chi connectivity index (χ4n) is 3.53. The number of fused-ring (bicyclic) bond motifs is 1. The summed E-state index contributed by atoms with van der Waals surface area (Å²) in [5.41, 5.74) is 7.30. The molecule has 5 heteroatoms. The normalized spacial score (nSPS) is 31.4. The molecule has 1 aliphatic heterocycles. The summed E-state index contributed by atoms with van der Waals surface area (Å²) in [6.45, 7) is 3.07. The SMILES string of the molecule is NC1CCCC2CN(Cc3cnc(Cl)cc3Cl)CC12. The molecular formula is C14H19Cl2N3. The first kappa shape index (κ1) is 13.6. The molecule has 0 radical (unpaired) electrons. The molecule has 1 aliphatic carbocycles. The molecule has 0 aromatic carbocycles. The number of rotatable bonds is 2. The lowest BCUT2D eigenvalue weighted by atomic mass is 9.78. The Kier molecular flexibility index (Phi) is 3.99. The molecule has 0 bridgehead atoms. The first-order valence-corrected chi connectivity index (χ1v) is 7.67. The van der Waals surface area contributed by atoms with Gasteiger partial charge >= 0.3 is 0 Å². The van der Waals surface area contributed by atoms with Gasteiger partial charge in [0.2, 0.25) is 0 Å². The van der Waals surface area contributed by atoms with Crippen molar-refractivity contribution in [3.05, 3.63) is 28.0 Å². The van der Waals surface area contributed by atoms with Crippen LogP contribution < -0.4 is 5.73 Å². The van der Waals surface area contributed by atoms with Crippen LogP contribution in [0.25, 0.3) is 0 Å². The molecule has 2 aliphatic rings. The van der Waals surface area contributed by atoms with Crippen LogP contribution in [0.2, 0.25) is 10.2 Å². The Morgan fingerprint density at radius 1 is 1.32 bits per heavy atom. The molecule has 2 fully saturated rings. The zero-order valence-corrected chi connectivity index (χ0v) is 12.4. The highest BCUT2D eigenvalue weighted by molar-refractivity contribution is 6.34. The number of hydrogen-bond donors (Lipinski definition) is 1. The van der Waals surface area contributed by atoms with Crippen molar-refractivity contribution in [1.29, 1.82) is 0 Å². The molecule has 2 N–H and O–H groups in total. The van der Waals surface area contributed by atoms with Crippen LogP contribution in [0.4, 0.5) is 0 Å². The standard InChI is InChI=1S/C14H19Cl2N3/c15-12-4-14(16)18-5-10(12)7-19-6-9-2-1-3-13(17)11(9)8-19/h4-5,9,11,13H,1-3,6-8,17H2. The first-order chi connectivity index (χ1) is 9.13. The van der Waals surface area contributed by atoms with Gasteiger partial charge in [-0.05, 0) is 30.7 Å². The molecule has 1 saturated carbocycles. The maximum atomic E-state index is 6.24. The largest absolute Gasteiger partial charge is 0.327 e. The summed E-state index contributed by atoms with van der Waals surface area (Å²) in [5.74, 6) is 1.43. The van der Waals surface area contributed by atoms with Crippen LogP contribution in [0.5, 0.6) is 0 Å². The maximum absolute atomic E-state index is 6.24. The predicted molar refractivity (Wildman–Crippen MR) is 78.3 cm³/mol. The molecule has 1 aromatic heterocycles. The van der Waals surface area contributed by atoms with Crippen molar-refractivity contribution >= 4 is 23.2 Å². The van der Waals surface area contributed by atoms with E-state index in [1.54, 1.807) is 12.3 Å². The van der Waals surface area contributed by atoms with E-state index in [1.165, 1.54) is 19.3 Å². The molecule has 19 heavy (non-hydrogen) atoms. The molecule has 3 unspecified atom stereocenters. The topological polar surface area (TPSA) is 42.1 Å². The predicted octanol–water partition coefficient (Wildman–Crippen LogP) is 2.95. The third-order valence-electron chi connectivity index (χ3n) is 4.52. The number of nitrogens with two attached hydrogens (primary N) is 1. The number of nitrogens with zero attached hydrogens (tertiary/aromatic N) is 2. The molecule has 2 heterocycles. The van der Waals surface area contributed by atoms with Crippen LogP contribution in [-0.2, 0) is 6.54 Å². The lowest BCUT2D eigenvalue weighted by Crippen LogP contribution is -2.38. The fourth-order valence-corrected chi connectivity index (χ4v) is 3.96. The van der Waals surface area contributed by atoms with Crippen molar-refractivity contribution in [2.45, 2.75) is 31.8 Å². The van der Waals surface area contributed by atoms with Crippen LogP contribution in [0.1, 0.15) is 24.8 Å². The van der Waals surface area contributed by atoms with Gasteiger partial charge in [-0.25, -0.2) is 4.98 Å². The van der Waals surface area contributed by atoms with Gasteiger partial charge in [-0.15, -0.1) is 0 Å². The van der Waals surface area contributed by atoms with E-state index < -0.39 is 0 Å². The van der Waals surface area contributed by atoms with Gasteiger partial charge in [-0.3, -0.25) is 4.90 Å².